The Bertz CT molecular complexity index is 1080. The van der Waals surface area contributed by atoms with Gasteiger partial charge in [-0.05, 0) is 59.6 Å². The molecular formula is C27H33NO5S. The number of thiophene rings is 1. The van der Waals surface area contributed by atoms with E-state index in [-0.39, 0.29) is 40.7 Å². The SMILES string of the molecule is C[C@]12C=CC(=O)CC1=CC[C@@H]1[C@@H]2[C@@H](O)C[C@@]2(C)[C@H]1C[C@H]1CN(Cc3ccsc3)O[C@]12C(=O)CO. The van der Waals surface area contributed by atoms with Gasteiger partial charge in [0.15, 0.2) is 17.2 Å². The summed E-state index contributed by atoms with van der Waals surface area (Å²) in [5.74, 6) is 0.251. The maximum absolute atomic E-state index is 13.5. The molecule has 8 atom stereocenters. The molecule has 0 amide bonds. The third kappa shape index (κ3) is 2.88. The lowest BCUT2D eigenvalue weighted by molar-refractivity contribution is -0.253. The molecule has 0 unspecified atom stereocenters. The van der Waals surface area contributed by atoms with Crippen LogP contribution >= 0.6 is 11.3 Å². The highest BCUT2D eigenvalue weighted by Gasteiger charge is 2.74. The number of hydroxylamine groups is 2. The van der Waals surface area contributed by atoms with Crippen molar-refractivity contribution in [3.05, 3.63) is 46.2 Å². The first-order valence-corrected chi connectivity index (χ1v) is 13.4. The molecule has 1 aliphatic heterocycles. The minimum absolute atomic E-state index is 0.0111. The smallest absolute Gasteiger partial charge is 0.192 e. The van der Waals surface area contributed by atoms with Crippen LogP contribution in [0.1, 0.15) is 45.1 Å². The van der Waals surface area contributed by atoms with Gasteiger partial charge < -0.3 is 10.2 Å². The number of Topliss-reactive ketones (excluding diaryl/α,β-unsaturated/α-hetero) is 1. The third-order valence-corrected chi connectivity index (χ3v) is 10.7. The zero-order chi connectivity index (χ0) is 23.9. The van der Waals surface area contributed by atoms with Gasteiger partial charge >= 0.3 is 0 Å². The van der Waals surface area contributed by atoms with E-state index >= 15 is 0 Å². The molecule has 4 aliphatic carbocycles. The molecule has 3 fully saturated rings. The Balaban J connectivity index is 1.38. The van der Waals surface area contributed by atoms with Crippen LogP contribution in [0.2, 0.25) is 0 Å². The van der Waals surface area contributed by atoms with Gasteiger partial charge in [-0.1, -0.05) is 31.6 Å². The number of allylic oxidation sites excluding steroid dienone is 4. The Morgan fingerprint density at radius 3 is 2.91 bits per heavy atom. The van der Waals surface area contributed by atoms with E-state index in [1.54, 1.807) is 17.4 Å². The number of ketones is 2. The van der Waals surface area contributed by atoms with Gasteiger partial charge in [-0.2, -0.15) is 16.4 Å². The van der Waals surface area contributed by atoms with Gasteiger partial charge in [0, 0.05) is 42.2 Å². The summed E-state index contributed by atoms with van der Waals surface area (Å²) >= 11 is 1.64. The number of fused-ring (bicyclic) bond motifs is 7. The molecule has 6 nitrogen and oxygen atoms in total. The van der Waals surface area contributed by atoms with Crippen LogP contribution in [-0.2, 0) is 21.0 Å². The molecule has 2 saturated carbocycles. The Morgan fingerprint density at radius 1 is 1.35 bits per heavy atom. The molecule has 1 aromatic rings. The van der Waals surface area contributed by atoms with Crippen molar-refractivity contribution in [2.45, 2.75) is 57.8 Å². The van der Waals surface area contributed by atoms with Crippen molar-refractivity contribution in [2.24, 2.45) is 34.5 Å². The lowest BCUT2D eigenvalue weighted by Gasteiger charge is -2.59. The fraction of sp³-hybridized carbons (Fsp3) is 0.630. The highest BCUT2D eigenvalue weighted by atomic mass is 32.1. The predicted octanol–water partition coefficient (Wildman–Crippen LogP) is 3.30. The number of aliphatic hydroxyl groups excluding tert-OH is 2. The molecule has 1 aromatic heterocycles. The molecule has 0 aromatic carbocycles. The molecule has 5 aliphatic rings. The van der Waals surface area contributed by atoms with Crippen LogP contribution in [0.15, 0.2) is 40.6 Å². The second-order valence-electron chi connectivity index (χ2n) is 11.5. The van der Waals surface area contributed by atoms with Crippen molar-refractivity contribution in [1.29, 1.82) is 0 Å². The van der Waals surface area contributed by atoms with Crippen molar-refractivity contribution in [2.75, 3.05) is 13.2 Å². The number of carbonyl (C=O) groups is 2. The highest BCUT2D eigenvalue weighted by Crippen LogP contribution is 2.70. The van der Waals surface area contributed by atoms with Crippen LogP contribution < -0.4 is 0 Å². The summed E-state index contributed by atoms with van der Waals surface area (Å²) in [5.41, 5.74) is 0.254. The first kappa shape index (κ1) is 22.8. The molecule has 0 spiro atoms. The van der Waals surface area contributed by atoms with Gasteiger partial charge in [-0.15, -0.1) is 0 Å². The van der Waals surface area contributed by atoms with E-state index in [2.05, 4.69) is 31.4 Å². The summed E-state index contributed by atoms with van der Waals surface area (Å²) in [4.78, 5) is 32.2. The Hall–Kier alpha value is -1.64. The van der Waals surface area contributed by atoms with Crippen LogP contribution in [0.3, 0.4) is 0 Å². The summed E-state index contributed by atoms with van der Waals surface area (Å²) in [6.07, 6.45) is 7.84. The van der Waals surface area contributed by atoms with E-state index < -0.39 is 23.7 Å². The second-order valence-corrected chi connectivity index (χ2v) is 12.3. The largest absolute Gasteiger partial charge is 0.393 e. The van der Waals surface area contributed by atoms with Gasteiger partial charge in [-0.3, -0.25) is 14.4 Å². The van der Waals surface area contributed by atoms with Crippen molar-refractivity contribution < 1.29 is 24.6 Å². The molecule has 7 heteroatoms. The average molecular weight is 484 g/mol. The topological polar surface area (TPSA) is 87.1 Å². The van der Waals surface area contributed by atoms with E-state index in [1.165, 1.54) is 0 Å². The van der Waals surface area contributed by atoms with Crippen LogP contribution in [0.4, 0.5) is 0 Å². The molecule has 182 valence electrons. The van der Waals surface area contributed by atoms with Gasteiger partial charge in [0.05, 0.1) is 6.10 Å². The van der Waals surface area contributed by atoms with Gasteiger partial charge in [0.1, 0.15) is 6.61 Å². The van der Waals surface area contributed by atoms with E-state index in [1.807, 2.05) is 16.5 Å². The van der Waals surface area contributed by atoms with Gasteiger partial charge in [-0.25, -0.2) is 0 Å². The van der Waals surface area contributed by atoms with Crippen molar-refractivity contribution in [3.63, 3.8) is 0 Å². The number of aliphatic hydroxyl groups is 2. The van der Waals surface area contributed by atoms with Gasteiger partial charge in [0.25, 0.3) is 0 Å². The first-order valence-electron chi connectivity index (χ1n) is 12.4. The van der Waals surface area contributed by atoms with Crippen LogP contribution in [0.25, 0.3) is 0 Å². The summed E-state index contributed by atoms with van der Waals surface area (Å²) in [7, 11) is 0. The van der Waals surface area contributed by atoms with Crippen molar-refractivity contribution in [3.8, 4) is 0 Å². The molecule has 6 rings (SSSR count). The summed E-state index contributed by atoms with van der Waals surface area (Å²) in [6, 6.07) is 2.07. The fourth-order valence-electron chi connectivity index (χ4n) is 8.65. The quantitative estimate of drug-likeness (QED) is 0.639. The molecule has 2 N–H and O–H groups in total. The highest BCUT2D eigenvalue weighted by molar-refractivity contribution is 7.07. The summed E-state index contributed by atoms with van der Waals surface area (Å²) < 4.78 is 0. The third-order valence-electron chi connectivity index (χ3n) is 10.0. The van der Waals surface area contributed by atoms with E-state index in [0.717, 1.165) is 24.0 Å². The van der Waals surface area contributed by atoms with E-state index in [9.17, 15) is 19.8 Å². The van der Waals surface area contributed by atoms with Crippen LogP contribution in [0.5, 0.6) is 0 Å². The van der Waals surface area contributed by atoms with Crippen LogP contribution in [0, 0.1) is 34.5 Å². The molecular weight excluding hydrogens is 450 g/mol. The van der Waals surface area contributed by atoms with Crippen LogP contribution in [-0.4, -0.2) is 51.7 Å². The number of rotatable bonds is 4. The monoisotopic (exact) mass is 483 g/mol. The van der Waals surface area contributed by atoms with Crippen molar-refractivity contribution in [1.82, 2.24) is 5.06 Å². The number of hydrogen-bond acceptors (Lipinski definition) is 7. The maximum Gasteiger partial charge on any atom is 0.192 e. The Morgan fingerprint density at radius 2 is 2.18 bits per heavy atom. The van der Waals surface area contributed by atoms with E-state index in [0.29, 0.717) is 25.9 Å². The second kappa shape index (κ2) is 7.68. The summed E-state index contributed by atoms with van der Waals surface area (Å²) in [6.45, 7) is 4.98. The molecule has 0 radical (unpaired) electrons. The summed E-state index contributed by atoms with van der Waals surface area (Å²) in [5, 5.41) is 27.7. The number of nitrogens with zero attached hydrogens (tertiary/aromatic N) is 1. The minimum Gasteiger partial charge on any atom is -0.393 e. The maximum atomic E-state index is 13.5. The minimum atomic E-state index is -1.11. The predicted molar refractivity (Wildman–Crippen MR) is 128 cm³/mol. The number of carbonyl (C=O) groups excluding carboxylic acids is 2. The average Bonchev–Trinajstić information content (AvgIpc) is 3.49. The number of hydrogen-bond donors (Lipinski definition) is 2. The molecule has 0 bridgehead atoms. The standard InChI is InChI=1S/C27H33NO5S/c1-25-7-5-19(30)9-17(25)3-4-20-21-10-18-13-28(12-16-6-8-34-15-16)33-27(18,23(32)14-29)26(21,2)11-22(31)24(20)25/h3,5-8,15,18,20-22,24,29,31H,4,9-14H2,1-2H3/t18-,20-,21-,22-,24+,25-,26-,27-/m0/s1. The molecule has 2 heterocycles. The first-order chi connectivity index (χ1) is 16.2. The lowest BCUT2D eigenvalue weighted by Crippen LogP contribution is -2.63. The molecule has 1 saturated heterocycles. The normalized spacial score (nSPS) is 45.4. The van der Waals surface area contributed by atoms with Gasteiger partial charge in [0.2, 0.25) is 0 Å². The fourth-order valence-corrected chi connectivity index (χ4v) is 9.31. The van der Waals surface area contributed by atoms with E-state index in [4.69, 9.17) is 4.84 Å². The lowest BCUT2D eigenvalue weighted by atomic mass is 9.47. The molecule has 34 heavy (non-hydrogen) atoms. The Kier molecular flexibility index (Phi) is 5.15. The van der Waals surface area contributed by atoms with Crippen molar-refractivity contribution >= 4 is 22.9 Å². The zero-order valence-corrected chi connectivity index (χ0v) is 20.6. The zero-order valence-electron chi connectivity index (χ0n) is 19.8. The Labute approximate surface area is 204 Å².